The zero-order valence-electron chi connectivity index (χ0n) is 15.9. The second-order valence-corrected chi connectivity index (χ2v) is 6.54. The van der Waals surface area contributed by atoms with Crippen LogP contribution in [0.4, 0.5) is 0 Å². The van der Waals surface area contributed by atoms with Gasteiger partial charge in [-0.25, -0.2) is 0 Å². The van der Waals surface area contributed by atoms with Crippen LogP contribution < -0.4 is 10.6 Å². The highest BCUT2D eigenvalue weighted by molar-refractivity contribution is 5.79. The molecule has 0 saturated heterocycles. The standard InChI is InChI=1S/C20H35N3O/c1-5-20(6-2,13-15-24)16-23-19(21-7-3)22-14-12-18-10-8-17(4)9-11-18/h8-11,24H,5-7,12-16H2,1-4H3,(H2,21,22,23). The van der Waals surface area contributed by atoms with Crippen molar-refractivity contribution in [3.05, 3.63) is 35.4 Å². The lowest BCUT2D eigenvalue weighted by molar-refractivity contribution is 0.175. The molecular formula is C20H35N3O. The number of nitrogens with one attached hydrogen (secondary N) is 2. The fourth-order valence-corrected chi connectivity index (χ4v) is 2.81. The minimum atomic E-state index is 0.105. The van der Waals surface area contributed by atoms with Crippen molar-refractivity contribution < 1.29 is 5.11 Å². The van der Waals surface area contributed by atoms with Gasteiger partial charge in [0.05, 0.1) is 0 Å². The molecule has 0 radical (unpaired) electrons. The third-order valence-corrected chi connectivity index (χ3v) is 4.89. The second kappa shape index (κ2) is 11.1. The Labute approximate surface area is 147 Å². The van der Waals surface area contributed by atoms with E-state index >= 15 is 0 Å². The Balaban J connectivity index is 2.59. The fraction of sp³-hybridized carbons (Fsp3) is 0.650. The maximum absolute atomic E-state index is 9.34. The van der Waals surface area contributed by atoms with Crippen LogP contribution in [0, 0.1) is 12.3 Å². The molecule has 24 heavy (non-hydrogen) atoms. The van der Waals surface area contributed by atoms with E-state index in [-0.39, 0.29) is 12.0 Å². The van der Waals surface area contributed by atoms with Gasteiger partial charge in [0.1, 0.15) is 0 Å². The lowest BCUT2D eigenvalue weighted by Gasteiger charge is -2.29. The van der Waals surface area contributed by atoms with E-state index in [0.717, 1.165) is 51.3 Å². The van der Waals surface area contributed by atoms with Gasteiger partial charge in [-0.15, -0.1) is 0 Å². The maximum Gasteiger partial charge on any atom is 0.191 e. The summed E-state index contributed by atoms with van der Waals surface area (Å²) in [6, 6.07) is 8.67. The van der Waals surface area contributed by atoms with Gasteiger partial charge in [-0.2, -0.15) is 0 Å². The number of hydrogen-bond acceptors (Lipinski definition) is 2. The molecule has 0 aliphatic carbocycles. The van der Waals surface area contributed by atoms with Crippen molar-refractivity contribution in [2.75, 3.05) is 26.2 Å². The van der Waals surface area contributed by atoms with E-state index in [1.807, 2.05) is 0 Å². The van der Waals surface area contributed by atoms with E-state index in [4.69, 9.17) is 4.99 Å². The summed E-state index contributed by atoms with van der Waals surface area (Å²) in [4.78, 5) is 4.77. The van der Waals surface area contributed by atoms with E-state index < -0.39 is 0 Å². The molecule has 0 saturated carbocycles. The Kier molecular flexibility index (Phi) is 9.46. The van der Waals surface area contributed by atoms with E-state index in [1.165, 1.54) is 11.1 Å². The van der Waals surface area contributed by atoms with Gasteiger partial charge in [0.2, 0.25) is 0 Å². The molecule has 0 atom stereocenters. The first kappa shape index (κ1) is 20.5. The molecule has 4 heteroatoms. The van der Waals surface area contributed by atoms with Gasteiger partial charge in [-0.1, -0.05) is 43.7 Å². The molecule has 136 valence electrons. The molecule has 0 bridgehead atoms. The van der Waals surface area contributed by atoms with Crippen LogP contribution in [0.3, 0.4) is 0 Å². The van der Waals surface area contributed by atoms with Gasteiger partial charge in [0, 0.05) is 26.2 Å². The average Bonchev–Trinajstić information content (AvgIpc) is 2.60. The summed E-state index contributed by atoms with van der Waals surface area (Å²) >= 11 is 0. The number of aliphatic imine (C=N–C) groups is 1. The lowest BCUT2D eigenvalue weighted by atomic mass is 9.79. The molecule has 1 aromatic carbocycles. The highest BCUT2D eigenvalue weighted by atomic mass is 16.3. The Hall–Kier alpha value is -1.55. The Morgan fingerprint density at radius 3 is 2.29 bits per heavy atom. The van der Waals surface area contributed by atoms with Crippen LogP contribution in [-0.4, -0.2) is 37.3 Å². The van der Waals surface area contributed by atoms with Gasteiger partial charge >= 0.3 is 0 Å². The largest absolute Gasteiger partial charge is 0.396 e. The number of aliphatic hydroxyl groups excluding tert-OH is 1. The summed E-state index contributed by atoms with van der Waals surface area (Å²) in [5.74, 6) is 0.869. The van der Waals surface area contributed by atoms with E-state index in [9.17, 15) is 5.11 Å². The molecule has 0 fully saturated rings. The number of benzene rings is 1. The third-order valence-electron chi connectivity index (χ3n) is 4.89. The Morgan fingerprint density at radius 2 is 1.75 bits per heavy atom. The van der Waals surface area contributed by atoms with Crippen molar-refractivity contribution >= 4 is 5.96 Å². The highest BCUT2D eigenvalue weighted by Crippen LogP contribution is 2.30. The Morgan fingerprint density at radius 1 is 1.08 bits per heavy atom. The van der Waals surface area contributed by atoms with Gasteiger partial charge in [-0.05, 0) is 50.5 Å². The van der Waals surface area contributed by atoms with Crippen LogP contribution in [0.15, 0.2) is 29.3 Å². The predicted molar refractivity (Wildman–Crippen MR) is 104 cm³/mol. The zero-order valence-corrected chi connectivity index (χ0v) is 15.9. The quantitative estimate of drug-likeness (QED) is 0.455. The molecule has 0 unspecified atom stereocenters. The topological polar surface area (TPSA) is 56.7 Å². The van der Waals surface area contributed by atoms with Crippen molar-refractivity contribution in [3.8, 4) is 0 Å². The number of nitrogens with zero attached hydrogens (tertiary/aromatic N) is 1. The summed E-state index contributed by atoms with van der Waals surface area (Å²) < 4.78 is 0. The molecule has 0 aliphatic heterocycles. The first-order valence-corrected chi connectivity index (χ1v) is 9.27. The minimum absolute atomic E-state index is 0.105. The van der Waals surface area contributed by atoms with E-state index in [1.54, 1.807) is 0 Å². The summed E-state index contributed by atoms with van der Waals surface area (Å²) in [6.45, 7) is 11.3. The minimum Gasteiger partial charge on any atom is -0.396 e. The molecule has 0 heterocycles. The first-order chi connectivity index (χ1) is 11.6. The lowest BCUT2D eigenvalue weighted by Crippen LogP contribution is -2.39. The normalized spacial score (nSPS) is 12.3. The van der Waals surface area contributed by atoms with E-state index in [2.05, 4.69) is 62.6 Å². The molecule has 0 aromatic heterocycles. The molecular weight excluding hydrogens is 298 g/mol. The average molecular weight is 334 g/mol. The third kappa shape index (κ3) is 6.91. The van der Waals surface area contributed by atoms with Crippen molar-refractivity contribution in [2.45, 2.75) is 53.4 Å². The number of hydrogen-bond donors (Lipinski definition) is 3. The van der Waals surface area contributed by atoms with Crippen LogP contribution in [0.2, 0.25) is 0 Å². The molecule has 0 aliphatic rings. The summed E-state index contributed by atoms with van der Waals surface area (Å²) in [5, 5.41) is 16.1. The molecule has 4 nitrogen and oxygen atoms in total. The van der Waals surface area contributed by atoms with Crippen molar-refractivity contribution in [2.24, 2.45) is 10.4 Å². The van der Waals surface area contributed by atoms with Crippen LogP contribution >= 0.6 is 0 Å². The van der Waals surface area contributed by atoms with Crippen molar-refractivity contribution in [1.29, 1.82) is 0 Å². The van der Waals surface area contributed by atoms with Crippen molar-refractivity contribution in [3.63, 3.8) is 0 Å². The van der Waals surface area contributed by atoms with Gasteiger partial charge in [0.25, 0.3) is 0 Å². The number of aliphatic hydroxyl groups is 1. The van der Waals surface area contributed by atoms with Crippen LogP contribution in [-0.2, 0) is 6.42 Å². The van der Waals surface area contributed by atoms with Crippen LogP contribution in [0.25, 0.3) is 0 Å². The summed E-state index contributed by atoms with van der Waals surface area (Å²) in [6.07, 6.45) is 3.87. The van der Waals surface area contributed by atoms with Gasteiger partial charge < -0.3 is 15.7 Å². The van der Waals surface area contributed by atoms with Crippen molar-refractivity contribution in [1.82, 2.24) is 10.6 Å². The van der Waals surface area contributed by atoms with Gasteiger partial charge in [-0.3, -0.25) is 4.99 Å². The SMILES string of the molecule is CCNC(=NCC(CC)(CC)CCO)NCCc1ccc(C)cc1. The fourth-order valence-electron chi connectivity index (χ4n) is 2.81. The van der Waals surface area contributed by atoms with Crippen LogP contribution in [0.1, 0.15) is 51.2 Å². The summed E-state index contributed by atoms with van der Waals surface area (Å²) in [7, 11) is 0. The van der Waals surface area contributed by atoms with Gasteiger partial charge in [0.15, 0.2) is 5.96 Å². The molecule has 0 amide bonds. The molecule has 1 rings (SSSR count). The number of guanidine groups is 1. The molecule has 1 aromatic rings. The molecule has 0 spiro atoms. The predicted octanol–water partition coefficient (Wildman–Crippen LogP) is 3.28. The van der Waals surface area contributed by atoms with Crippen LogP contribution in [0.5, 0.6) is 0 Å². The smallest absolute Gasteiger partial charge is 0.191 e. The summed E-state index contributed by atoms with van der Waals surface area (Å²) in [5.41, 5.74) is 2.73. The van der Waals surface area contributed by atoms with E-state index in [0.29, 0.717) is 0 Å². The maximum atomic E-state index is 9.34. The monoisotopic (exact) mass is 333 g/mol. The number of aryl methyl sites for hydroxylation is 1. The Bertz CT molecular complexity index is 478. The highest BCUT2D eigenvalue weighted by Gasteiger charge is 2.25. The second-order valence-electron chi connectivity index (χ2n) is 6.54. The zero-order chi connectivity index (χ0) is 17.8. The number of rotatable bonds is 10. The first-order valence-electron chi connectivity index (χ1n) is 9.27. The molecule has 3 N–H and O–H groups in total.